The van der Waals surface area contributed by atoms with Crippen LogP contribution in [0.4, 0.5) is 5.82 Å². The Balaban J connectivity index is 2.39. The summed E-state index contributed by atoms with van der Waals surface area (Å²) in [6.45, 7) is 2.81. The monoisotopic (exact) mass is 281 g/mol. The number of hydrogen-bond donors (Lipinski definition) is 1. The van der Waals surface area contributed by atoms with E-state index in [4.69, 9.17) is 9.84 Å². The molecular weight excluding hydrogens is 266 g/mol. The van der Waals surface area contributed by atoms with Crippen molar-refractivity contribution in [3.05, 3.63) is 17.3 Å². The molecule has 6 nitrogen and oxygen atoms in total. The van der Waals surface area contributed by atoms with Gasteiger partial charge in [-0.1, -0.05) is 0 Å². The number of nitrogens with zero attached hydrogens (tertiary/aromatic N) is 3. The van der Waals surface area contributed by atoms with Crippen LogP contribution >= 0.6 is 11.3 Å². The van der Waals surface area contributed by atoms with Gasteiger partial charge in [-0.05, 0) is 13.0 Å². The topological polar surface area (TPSA) is 75.5 Å². The summed E-state index contributed by atoms with van der Waals surface area (Å²) in [5.41, 5.74) is 0. The number of hydrogen-bond acceptors (Lipinski definition) is 6. The fourth-order valence-electron chi connectivity index (χ4n) is 1.84. The Bertz CT molecular complexity index is 585. The van der Waals surface area contributed by atoms with E-state index in [0.717, 1.165) is 15.1 Å². The molecule has 0 bridgehead atoms. The molecule has 2 aromatic heterocycles. The molecule has 102 valence electrons. The zero-order valence-electron chi connectivity index (χ0n) is 10.8. The minimum absolute atomic E-state index is 0.107. The first kappa shape index (κ1) is 13.7. The van der Waals surface area contributed by atoms with Gasteiger partial charge in [-0.25, -0.2) is 9.97 Å². The lowest BCUT2D eigenvalue weighted by atomic mass is 10.3. The highest BCUT2D eigenvalue weighted by Crippen LogP contribution is 2.29. The maximum Gasteiger partial charge on any atom is 0.323 e. The first-order valence-electron chi connectivity index (χ1n) is 5.78. The number of aryl methyl sites for hydroxylation is 1. The van der Waals surface area contributed by atoms with Crippen molar-refractivity contribution in [1.82, 2.24) is 9.97 Å². The first-order chi connectivity index (χ1) is 9.11. The minimum atomic E-state index is -0.894. The lowest BCUT2D eigenvalue weighted by molar-refractivity contribution is -0.135. The van der Waals surface area contributed by atoms with E-state index in [1.165, 1.54) is 6.33 Å². The Labute approximate surface area is 114 Å². The molecule has 0 saturated heterocycles. The molecule has 19 heavy (non-hydrogen) atoms. The predicted octanol–water partition coefficient (Wildman–Crippen LogP) is 1.54. The third-order valence-electron chi connectivity index (χ3n) is 2.62. The van der Waals surface area contributed by atoms with Crippen molar-refractivity contribution < 1.29 is 14.6 Å². The summed E-state index contributed by atoms with van der Waals surface area (Å²) in [7, 11) is 1.59. The molecule has 0 spiro atoms. The number of aliphatic carboxylic acids is 1. The smallest absolute Gasteiger partial charge is 0.323 e. The Morgan fingerprint density at radius 1 is 1.53 bits per heavy atom. The van der Waals surface area contributed by atoms with Gasteiger partial charge >= 0.3 is 5.97 Å². The number of rotatable bonds is 6. The first-order valence-corrected chi connectivity index (χ1v) is 6.60. The zero-order valence-corrected chi connectivity index (χ0v) is 11.6. The van der Waals surface area contributed by atoms with Crippen molar-refractivity contribution in [3.63, 3.8) is 0 Å². The molecule has 0 aliphatic carbocycles. The Morgan fingerprint density at radius 2 is 2.32 bits per heavy atom. The molecule has 0 aliphatic heterocycles. The second kappa shape index (κ2) is 5.94. The predicted molar refractivity (Wildman–Crippen MR) is 73.9 cm³/mol. The maximum absolute atomic E-state index is 11.0. The van der Waals surface area contributed by atoms with Crippen LogP contribution in [0.2, 0.25) is 0 Å². The van der Waals surface area contributed by atoms with Gasteiger partial charge in [0.1, 0.15) is 23.5 Å². The summed E-state index contributed by atoms with van der Waals surface area (Å²) in [6.07, 6.45) is 1.47. The lowest BCUT2D eigenvalue weighted by Gasteiger charge is -2.21. The van der Waals surface area contributed by atoms with Gasteiger partial charge in [-0.2, -0.15) is 0 Å². The number of thiophene rings is 1. The maximum atomic E-state index is 11.0. The second-order valence-corrected chi connectivity index (χ2v) is 5.32. The van der Waals surface area contributed by atoms with E-state index >= 15 is 0 Å². The SMILES string of the molecule is COCCN(CC(=O)O)c1ncnc2sc(C)cc12. The Morgan fingerprint density at radius 3 is 3.00 bits per heavy atom. The van der Waals surface area contributed by atoms with E-state index in [1.54, 1.807) is 23.3 Å². The summed E-state index contributed by atoms with van der Waals surface area (Å²) < 4.78 is 5.02. The average molecular weight is 281 g/mol. The van der Waals surface area contributed by atoms with Gasteiger partial charge in [0.2, 0.25) is 0 Å². The molecule has 2 aromatic rings. The second-order valence-electron chi connectivity index (χ2n) is 4.08. The molecule has 0 saturated carbocycles. The number of methoxy groups -OCH3 is 1. The summed E-state index contributed by atoms with van der Waals surface area (Å²) in [6, 6.07) is 1.98. The van der Waals surface area contributed by atoms with Crippen molar-refractivity contribution in [1.29, 1.82) is 0 Å². The van der Waals surface area contributed by atoms with Gasteiger partial charge in [0.15, 0.2) is 0 Å². The van der Waals surface area contributed by atoms with E-state index in [9.17, 15) is 4.79 Å². The van der Waals surface area contributed by atoms with Crippen molar-refractivity contribution in [2.45, 2.75) is 6.92 Å². The summed E-state index contributed by atoms with van der Waals surface area (Å²) in [5, 5.41) is 9.89. The molecule has 0 aliphatic rings. The van der Waals surface area contributed by atoms with E-state index in [-0.39, 0.29) is 6.54 Å². The highest BCUT2D eigenvalue weighted by molar-refractivity contribution is 7.18. The van der Waals surface area contributed by atoms with Crippen LogP contribution in [0.1, 0.15) is 4.88 Å². The molecule has 0 radical (unpaired) electrons. The molecule has 1 N–H and O–H groups in total. The van der Waals surface area contributed by atoms with Gasteiger partial charge in [0.25, 0.3) is 0 Å². The molecule has 0 aromatic carbocycles. The van der Waals surface area contributed by atoms with Crippen molar-refractivity contribution in [2.75, 3.05) is 31.7 Å². The van der Waals surface area contributed by atoms with Crippen molar-refractivity contribution in [2.24, 2.45) is 0 Å². The van der Waals surface area contributed by atoms with Crippen LogP contribution in [-0.2, 0) is 9.53 Å². The number of aromatic nitrogens is 2. The highest BCUT2D eigenvalue weighted by atomic mass is 32.1. The molecule has 2 heterocycles. The minimum Gasteiger partial charge on any atom is -0.480 e. The lowest BCUT2D eigenvalue weighted by Crippen LogP contribution is -2.33. The molecule has 0 atom stereocenters. The summed E-state index contributed by atoms with van der Waals surface area (Å²) in [4.78, 5) is 23.1. The van der Waals surface area contributed by atoms with Crippen molar-refractivity contribution in [3.8, 4) is 0 Å². The zero-order chi connectivity index (χ0) is 13.8. The van der Waals surface area contributed by atoms with E-state index in [0.29, 0.717) is 19.0 Å². The Hall–Kier alpha value is -1.73. The molecule has 7 heteroatoms. The summed E-state index contributed by atoms with van der Waals surface area (Å²) >= 11 is 1.57. The van der Waals surface area contributed by atoms with E-state index in [1.807, 2.05) is 13.0 Å². The van der Waals surface area contributed by atoms with Crippen LogP contribution < -0.4 is 4.90 Å². The number of carboxylic acid groups (broad SMARTS) is 1. The van der Waals surface area contributed by atoms with Crippen LogP contribution in [-0.4, -0.2) is 47.8 Å². The van der Waals surface area contributed by atoms with Crippen LogP contribution in [0, 0.1) is 6.92 Å². The normalized spacial score (nSPS) is 10.8. The average Bonchev–Trinajstić information content (AvgIpc) is 2.74. The van der Waals surface area contributed by atoms with Gasteiger partial charge < -0.3 is 14.7 Å². The quantitative estimate of drug-likeness (QED) is 0.865. The Kier molecular flexibility index (Phi) is 4.28. The van der Waals surface area contributed by atoms with Crippen LogP contribution in [0.5, 0.6) is 0 Å². The van der Waals surface area contributed by atoms with Gasteiger partial charge in [-0.3, -0.25) is 4.79 Å². The fraction of sp³-hybridized carbons (Fsp3) is 0.417. The fourth-order valence-corrected chi connectivity index (χ4v) is 2.68. The van der Waals surface area contributed by atoms with Gasteiger partial charge in [0.05, 0.1) is 12.0 Å². The van der Waals surface area contributed by atoms with E-state index in [2.05, 4.69) is 9.97 Å². The highest BCUT2D eigenvalue weighted by Gasteiger charge is 2.16. The van der Waals surface area contributed by atoms with Gasteiger partial charge in [-0.15, -0.1) is 11.3 Å². The number of ether oxygens (including phenoxy) is 1. The molecule has 0 unspecified atom stereocenters. The van der Waals surface area contributed by atoms with Gasteiger partial charge in [0, 0.05) is 18.5 Å². The van der Waals surface area contributed by atoms with Crippen molar-refractivity contribution >= 4 is 33.3 Å². The standard InChI is InChI=1S/C12H15N3O3S/c1-8-5-9-11(13-7-14-12(9)19-8)15(3-4-18-2)6-10(16)17/h5,7H,3-4,6H2,1-2H3,(H,16,17). The van der Waals surface area contributed by atoms with E-state index < -0.39 is 5.97 Å². The number of anilines is 1. The third kappa shape index (κ3) is 3.18. The molecule has 0 amide bonds. The van der Waals surface area contributed by atoms with Crippen LogP contribution in [0.25, 0.3) is 10.2 Å². The number of carboxylic acids is 1. The number of carbonyl (C=O) groups is 1. The van der Waals surface area contributed by atoms with Crippen LogP contribution in [0.15, 0.2) is 12.4 Å². The van der Waals surface area contributed by atoms with Crippen LogP contribution in [0.3, 0.4) is 0 Å². The molecule has 0 fully saturated rings. The summed E-state index contributed by atoms with van der Waals surface area (Å²) in [5.74, 6) is -0.247. The largest absolute Gasteiger partial charge is 0.480 e. The molecule has 2 rings (SSSR count). The molecular formula is C12H15N3O3S. The third-order valence-corrected chi connectivity index (χ3v) is 3.58. The number of fused-ring (bicyclic) bond motifs is 1.